The Morgan fingerprint density at radius 1 is 0.929 bits per heavy atom. The second kappa shape index (κ2) is 11.0. The number of Topliss-reactive ketones (excluding diaryl/α,β-unsaturated/α-hetero) is 1. The predicted octanol–water partition coefficient (Wildman–Crippen LogP) is 6.75. The van der Waals surface area contributed by atoms with Gasteiger partial charge in [0.05, 0.1) is 34.3 Å². The molecule has 2 amide bonds. The maximum Gasteiger partial charge on any atom is 0.339 e. The van der Waals surface area contributed by atoms with Gasteiger partial charge in [0.1, 0.15) is 0 Å². The number of allylic oxidation sites excluding steroid dienone is 2. The van der Waals surface area contributed by atoms with Gasteiger partial charge in [-0.1, -0.05) is 59.6 Å². The van der Waals surface area contributed by atoms with Gasteiger partial charge in [-0.15, -0.1) is 0 Å². The van der Waals surface area contributed by atoms with Crippen LogP contribution in [0.15, 0.2) is 84.9 Å². The van der Waals surface area contributed by atoms with E-state index in [1.165, 1.54) is 17.9 Å². The highest BCUT2D eigenvalue weighted by Gasteiger charge is 2.47. The molecule has 6 rings (SSSR count). The molecule has 0 N–H and O–H groups in total. The van der Waals surface area contributed by atoms with Crippen LogP contribution in [0.2, 0.25) is 5.02 Å². The Labute approximate surface area is 247 Å². The highest BCUT2D eigenvalue weighted by molar-refractivity contribution is 6.31. The number of carbonyl (C=O) groups excluding carboxylic acids is 4. The van der Waals surface area contributed by atoms with Crippen LogP contribution < -0.4 is 4.90 Å². The summed E-state index contributed by atoms with van der Waals surface area (Å²) in [6, 6.07) is 20.7. The molecular weight excluding hydrogens is 552 g/mol. The lowest BCUT2D eigenvalue weighted by atomic mass is 9.85. The molecule has 0 bridgehead atoms. The molecule has 4 aromatic rings. The summed E-state index contributed by atoms with van der Waals surface area (Å²) in [7, 11) is 0. The monoisotopic (exact) mass is 578 g/mol. The first kappa shape index (κ1) is 27.5. The van der Waals surface area contributed by atoms with Crippen molar-refractivity contribution in [2.45, 2.75) is 32.8 Å². The van der Waals surface area contributed by atoms with E-state index in [9.17, 15) is 19.2 Å². The first-order valence-corrected chi connectivity index (χ1v) is 14.1. The molecule has 1 fully saturated rings. The van der Waals surface area contributed by atoms with Gasteiger partial charge in [0, 0.05) is 21.5 Å². The van der Waals surface area contributed by atoms with Crippen LogP contribution in [0.25, 0.3) is 22.2 Å². The molecule has 1 aliphatic heterocycles. The van der Waals surface area contributed by atoms with Crippen molar-refractivity contribution in [3.8, 4) is 11.3 Å². The molecule has 1 saturated heterocycles. The number of hydrogen-bond donors (Lipinski definition) is 0. The van der Waals surface area contributed by atoms with Crippen LogP contribution in [0, 0.1) is 18.8 Å². The SMILES string of the molecule is Cc1ccc2nc(-c3ccc(N4C(=O)C5CC=CCC5C4=O)cc3)cc(C(=O)OC(C)C(=O)c3cccc(Cl)c3)c2c1. The zero-order valence-corrected chi connectivity index (χ0v) is 23.8. The second-order valence-electron chi connectivity index (χ2n) is 10.7. The van der Waals surface area contributed by atoms with Gasteiger partial charge < -0.3 is 4.74 Å². The fourth-order valence-corrected chi connectivity index (χ4v) is 5.84. The van der Waals surface area contributed by atoms with Crippen molar-refractivity contribution in [2.75, 3.05) is 4.90 Å². The summed E-state index contributed by atoms with van der Waals surface area (Å²) >= 11 is 6.04. The molecule has 1 aromatic heterocycles. The summed E-state index contributed by atoms with van der Waals surface area (Å²) in [4.78, 5) is 58.5. The molecule has 1 aliphatic carbocycles. The highest BCUT2D eigenvalue weighted by atomic mass is 35.5. The molecule has 8 heteroatoms. The fourth-order valence-electron chi connectivity index (χ4n) is 5.65. The maximum absolute atomic E-state index is 13.5. The first-order valence-electron chi connectivity index (χ1n) is 13.8. The Morgan fingerprint density at radius 3 is 2.29 bits per heavy atom. The Hall–Kier alpha value is -4.62. The van der Waals surface area contributed by atoms with Gasteiger partial charge in [-0.3, -0.25) is 19.3 Å². The number of hydrogen-bond acceptors (Lipinski definition) is 6. The average molecular weight is 579 g/mol. The molecule has 0 radical (unpaired) electrons. The lowest BCUT2D eigenvalue weighted by Crippen LogP contribution is -2.30. The Bertz CT molecular complexity index is 1770. The normalized spacial score (nSPS) is 18.7. The summed E-state index contributed by atoms with van der Waals surface area (Å²) in [6.45, 7) is 3.45. The number of pyridine rings is 1. The second-order valence-corrected chi connectivity index (χ2v) is 11.1. The number of ketones is 1. The van der Waals surface area contributed by atoms with Crippen molar-refractivity contribution in [3.63, 3.8) is 0 Å². The minimum Gasteiger partial charge on any atom is -0.451 e. The van der Waals surface area contributed by atoms with Gasteiger partial charge in [-0.25, -0.2) is 9.78 Å². The number of aryl methyl sites for hydroxylation is 1. The molecule has 3 aromatic carbocycles. The van der Waals surface area contributed by atoms with Crippen LogP contribution in [0.3, 0.4) is 0 Å². The third-order valence-corrected chi connectivity index (χ3v) is 8.11. The minimum atomic E-state index is -1.04. The van der Waals surface area contributed by atoms with Gasteiger partial charge in [-0.2, -0.15) is 0 Å². The van der Waals surface area contributed by atoms with Crippen molar-refractivity contribution in [1.29, 1.82) is 0 Å². The van der Waals surface area contributed by atoms with E-state index in [-0.39, 0.29) is 35.0 Å². The number of fused-ring (bicyclic) bond motifs is 2. The first-order chi connectivity index (χ1) is 20.2. The average Bonchev–Trinajstić information content (AvgIpc) is 3.25. The minimum absolute atomic E-state index is 0.173. The van der Waals surface area contributed by atoms with Gasteiger partial charge in [-0.05, 0) is 69.2 Å². The summed E-state index contributed by atoms with van der Waals surface area (Å²) in [5.74, 6) is -1.99. The third-order valence-electron chi connectivity index (χ3n) is 7.88. The molecule has 3 atom stereocenters. The quantitative estimate of drug-likeness (QED) is 0.109. The van der Waals surface area contributed by atoms with Gasteiger partial charge >= 0.3 is 5.97 Å². The zero-order valence-electron chi connectivity index (χ0n) is 23.0. The van der Waals surface area contributed by atoms with Crippen molar-refractivity contribution in [3.05, 3.63) is 107 Å². The Balaban J connectivity index is 1.30. The smallest absolute Gasteiger partial charge is 0.339 e. The van der Waals surface area contributed by atoms with Crippen LogP contribution >= 0.6 is 11.6 Å². The summed E-state index contributed by atoms with van der Waals surface area (Å²) < 4.78 is 5.64. The molecule has 210 valence electrons. The van der Waals surface area contributed by atoms with E-state index >= 15 is 0 Å². The van der Waals surface area contributed by atoms with E-state index in [0.717, 1.165) is 5.56 Å². The molecule has 3 unspecified atom stereocenters. The fraction of sp³-hybridized carbons (Fsp3) is 0.206. The number of nitrogens with zero attached hydrogens (tertiary/aromatic N) is 2. The van der Waals surface area contributed by atoms with E-state index < -0.39 is 12.1 Å². The number of anilines is 1. The van der Waals surface area contributed by atoms with Crippen LogP contribution in [0.5, 0.6) is 0 Å². The number of amides is 2. The Kier molecular flexibility index (Phi) is 7.21. The zero-order chi connectivity index (χ0) is 29.5. The van der Waals surface area contributed by atoms with Gasteiger partial charge in [0.15, 0.2) is 6.10 Å². The topological polar surface area (TPSA) is 93.6 Å². The maximum atomic E-state index is 13.5. The van der Waals surface area contributed by atoms with E-state index in [0.29, 0.717) is 51.3 Å². The molecular formula is C34H27ClN2O5. The van der Waals surface area contributed by atoms with Crippen LogP contribution in [0.1, 0.15) is 46.0 Å². The summed E-state index contributed by atoms with van der Waals surface area (Å²) in [5, 5.41) is 1.02. The van der Waals surface area contributed by atoms with Crippen LogP contribution in [0.4, 0.5) is 5.69 Å². The highest BCUT2D eigenvalue weighted by Crippen LogP contribution is 2.38. The van der Waals surface area contributed by atoms with Crippen molar-refractivity contribution in [1.82, 2.24) is 4.98 Å². The molecule has 0 saturated carbocycles. The molecule has 0 spiro atoms. The number of esters is 1. The molecule has 2 aliphatic rings. The number of halogens is 1. The molecule has 42 heavy (non-hydrogen) atoms. The number of rotatable bonds is 6. The number of ether oxygens (including phenoxy) is 1. The van der Waals surface area contributed by atoms with Crippen LogP contribution in [-0.4, -0.2) is 34.7 Å². The number of carbonyl (C=O) groups is 4. The van der Waals surface area contributed by atoms with Gasteiger partial charge in [0.2, 0.25) is 17.6 Å². The van der Waals surface area contributed by atoms with Crippen molar-refractivity contribution >= 4 is 51.8 Å². The summed E-state index contributed by atoms with van der Waals surface area (Å²) in [6.07, 6.45) is 4.03. The standard InChI is InChI=1S/C34H27ClN2O5/c1-19-10-15-29-27(16-19)28(34(41)42-20(2)31(38)22-6-5-7-23(35)17-22)18-30(36-29)21-11-13-24(14-12-21)37-32(39)25-8-3-4-9-26(25)33(37)40/h3-7,10-18,20,25-26H,8-9H2,1-2H3. The summed E-state index contributed by atoms with van der Waals surface area (Å²) in [5.41, 5.74) is 3.86. The number of aromatic nitrogens is 1. The van der Waals surface area contributed by atoms with E-state index in [4.69, 9.17) is 21.3 Å². The van der Waals surface area contributed by atoms with E-state index in [1.54, 1.807) is 48.5 Å². The van der Waals surface area contributed by atoms with Crippen LogP contribution in [-0.2, 0) is 14.3 Å². The lowest BCUT2D eigenvalue weighted by molar-refractivity contribution is -0.122. The lowest BCUT2D eigenvalue weighted by Gasteiger charge is -2.16. The van der Waals surface area contributed by atoms with Crippen molar-refractivity contribution < 1.29 is 23.9 Å². The molecule has 7 nitrogen and oxygen atoms in total. The van der Waals surface area contributed by atoms with E-state index in [2.05, 4.69) is 0 Å². The molecule has 2 heterocycles. The van der Waals surface area contributed by atoms with Crippen molar-refractivity contribution in [2.24, 2.45) is 11.8 Å². The van der Waals surface area contributed by atoms with Gasteiger partial charge in [0.25, 0.3) is 0 Å². The predicted molar refractivity (Wildman–Crippen MR) is 160 cm³/mol. The third kappa shape index (κ3) is 5.01. The van der Waals surface area contributed by atoms with E-state index in [1.807, 2.05) is 37.3 Å². The number of imide groups is 1. The largest absolute Gasteiger partial charge is 0.451 e. The Morgan fingerprint density at radius 2 is 1.62 bits per heavy atom. The number of benzene rings is 3.